The van der Waals surface area contributed by atoms with E-state index >= 15 is 0 Å². The van der Waals surface area contributed by atoms with Gasteiger partial charge < -0.3 is 4.90 Å². The maximum atomic E-state index is 2.62. The molecule has 3 saturated carbocycles. The molecule has 3 aliphatic rings. The first kappa shape index (κ1) is 10.1. The van der Waals surface area contributed by atoms with Crippen LogP contribution < -0.4 is 0 Å². The van der Waals surface area contributed by atoms with Gasteiger partial charge in [0.05, 0.1) is 0 Å². The van der Waals surface area contributed by atoms with E-state index in [4.69, 9.17) is 0 Å². The summed E-state index contributed by atoms with van der Waals surface area (Å²) in [6.45, 7) is 2.45. The molecule has 2 bridgehead atoms. The molecule has 1 nitrogen and oxygen atoms in total. The van der Waals surface area contributed by atoms with Crippen molar-refractivity contribution in [2.45, 2.75) is 57.4 Å². The predicted octanol–water partition coefficient (Wildman–Crippen LogP) is 3.30. The average Bonchev–Trinajstić information content (AvgIpc) is 2.88. The van der Waals surface area contributed by atoms with Crippen LogP contribution in [0.5, 0.6) is 0 Å². The lowest BCUT2D eigenvalue weighted by molar-refractivity contribution is -0.0309. The zero-order valence-electron chi connectivity index (χ0n) is 10.6. The highest BCUT2D eigenvalue weighted by atomic mass is 15.2. The molecule has 0 saturated heterocycles. The Morgan fingerprint density at radius 1 is 1.13 bits per heavy atom. The topological polar surface area (TPSA) is 3.24 Å². The Bertz CT molecular complexity index is 273. The Morgan fingerprint density at radius 3 is 2.47 bits per heavy atom. The van der Waals surface area contributed by atoms with Crippen molar-refractivity contribution in [3.05, 3.63) is 0 Å². The van der Waals surface area contributed by atoms with Crippen LogP contribution >= 0.6 is 0 Å². The quantitative estimate of drug-likeness (QED) is 0.671. The van der Waals surface area contributed by atoms with Crippen LogP contribution in [-0.4, -0.2) is 24.5 Å². The summed E-state index contributed by atoms with van der Waals surface area (Å²) in [4.78, 5) is 2.62. The Morgan fingerprint density at radius 2 is 1.87 bits per heavy atom. The zero-order chi connectivity index (χ0) is 10.7. The van der Waals surface area contributed by atoms with Crippen LogP contribution in [-0.2, 0) is 0 Å². The molecule has 3 fully saturated rings. The van der Waals surface area contributed by atoms with Crippen LogP contribution in [0.1, 0.15) is 51.9 Å². The minimum Gasteiger partial charge on any atom is -0.303 e. The van der Waals surface area contributed by atoms with E-state index in [1.807, 2.05) is 0 Å². The molecule has 3 aliphatic carbocycles. The number of fused-ring (bicyclic) bond motifs is 5. The molecule has 1 heteroatoms. The van der Waals surface area contributed by atoms with Gasteiger partial charge in [-0.25, -0.2) is 0 Å². The van der Waals surface area contributed by atoms with Gasteiger partial charge in [0.1, 0.15) is 0 Å². The Balaban J connectivity index is 2.09. The first-order valence-electron chi connectivity index (χ1n) is 6.85. The van der Waals surface area contributed by atoms with E-state index in [1.54, 1.807) is 6.42 Å². The lowest BCUT2D eigenvalue weighted by Gasteiger charge is -2.53. The van der Waals surface area contributed by atoms with Crippen molar-refractivity contribution >= 4 is 0 Å². The van der Waals surface area contributed by atoms with Crippen molar-refractivity contribution in [3.63, 3.8) is 0 Å². The van der Waals surface area contributed by atoms with Crippen molar-refractivity contribution in [1.29, 1.82) is 0 Å². The molecule has 0 heterocycles. The second-order valence-corrected chi connectivity index (χ2v) is 6.39. The summed E-state index contributed by atoms with van der Waals surface area (Å²) < 4.78 is 0. The molecule has 4 unspecified atom stereocenters. The largest absolute Gasteiger partial charge is 0.303 e. The third kappa shape index (κ3) is 0.906. The first-order chi connectivity index (χ1) is 7.17. The number of nitrogens with zero attached hydrogens (tertiary/aromatic N) is 1. The normalized spacial score (nSPS) is 52.8. The average molecular weight is 207 g/mol. The zero-order valence-corrected chi connectivity index (χ0v) is 10.6. The molecule has 0 aromatic rings. The highest BCUT2D eigenvalue weighted by Gasteiger charge is 2.68. The van der Waals surface area contributed by atoms with Crippen LogP contribution in [0.15, 0.2) is 0 Å². The molecule has 0 radical (unpaired) electrons. The summed E-state index contributed by atoms with van der Waals surface area (Å²) in [6.07, 6.45) is 10.5. The fourth-order valence-corrected chi connectivity index (χ4v) is 6.03. The second-order valence-electron chi connectivity index (χ2n) is 6.39. The fraction of sp³-hybridized carbons (Fsp3) is 1.00. The molecule has 0 aromatic carbocycles. The van der Waals surface area contributed by atoms with Gasteiger partial charge in [0.25, 0.3) is 0 Å². The van der Waals surface area contributed by atoms with E-state index in [0.29, 0.717) is 11.0 Å². The molecule has 86 valence electrons. The van der Waals surface area contributed by atoms with Crippen molar-refractivity contribution in [1.82, 2.24) is 4.90 Å². The van der Waals surface area contributed by atoms with E-state index in [2.05, 4.69) is 25.9 Å². The van der Waals surface area contributed by atoms with Crippen LogP contribution in [0.3, 0.4) is 0 Å². The molecule has 15 heavy (non-hydrogen) atoms. The minimum absolute atomic E-state index is 0.602. The minimum atomic E-state index is 0.602. The summed E-state index contributed by atoms with van der Waals surface area (Å²) in [5.41, 5.74) is 1.31. The van der Waals surface area contributed by atoms with Crippen LogP contribution in [0.25, 0.3) is 0 Å². The van der Waals surface area contributed by atoms with Gasteiger partial charge in [-0.2, -0.15) is 0 Å². The molecule has 0 aliphatic heterocycles. The van der Waals surface area contributed by atoms with Crippen molar-refractivity contribution in [2.24, 2.45) is 17.3 Å². The highest BCUT2D eigenvalue weighted by Crippen LogP contribution is 2.71. The van der Waals surface area contributed by atoms with Crippen molar-refractivity contribution in [2.75, 3.05) is 14.1 Å². The van der Waals surface area contributed by atoms with Crippen LogP contribution in [0.2, 0.25) is 0 Å². The van der Waals surface area contributed by atoms with Gasteiger partial charge in [0.15, 0.2) is 0 Å². The van der Waals surface area contributed by atoms with E-state index in [0.717, 1.165) is 11.8 Å². The third-order valence-corrected chi connectivity index (χ3v) is 6.36. The van der Waals surface area contributed by atoms with Gasteiger partial charge >= 0.3 is 0 Å². The standard InChI is InChI=1S/C14H25N/c1-4-13-8-5-9-14(13,15(2)3)12-7-6-11(13)10-12/h11-12H,4-10H2,1-3H3. The number of rotatable bonds is 2. The van der Waals surface area contributed by atoms with Gasteiger partial charge in [0.2, 0.25) is 0 Å². The maximum absolute atomic E-state index is 2.62. The second kappa shape index (κ2) is 3.00. The Kier molecular flexibility index (Phi) is 2.03. The van der Waals surface area contributed by atoms with Gasteiger partial charge in [-0.15, -0.1) is 0 Å². The summed E-state index contributed by atoms with van der Waals surface area (Å²) in [5, 5.41) is 0. The summed E-state index contributed by atoms with van der Waals surface area (Å²) >= 11 is 0. The lowest BCUT2D eigenvalue weighted by atomic mass is 9.61. The Labute approximate surface area is 94.2 Å². The van der Waals surface area contributed by atoms with E-state index in [9.17, 15) is 0 Å². The summed E-state index contributed by atoms with van der Waals surface area (Å²) in [6, 6.07) is 0. The Hall–Kier alpha value is -0.0400. The van der Waals surface area contributed by atoms with Gasteiger partial charge in [-0.3, -0.25) is 0 Å². The first-order valence-corrected chi connectivity index (χ1v) is 6.85. The van der Waals surface area contributed by atoms with Crippen LogP contribution in [0, 0.1) is 17.3 Å². The van der Waals surface area contributed by atoms with Gasteiger partial charge in [-0.05, 0) is 69.9 Å². The molecule has 0 N–H and O–H groups in total. The summed E-state index contributed by atoms with van der Waals surface area (Å²) in [5.74, 6) is 2.09. The fourth-order valence-electron chi connectivity index (χ4n) is 6.03. The summed E-state index contributed by atoms with van der Waals surface area (Å²) in [7, 11) is 4.69. The number of hydrogen-bond donors (Lipinski definition) is 0. The van der Waals surface area contributed by atoms with E-state index in [-0.39, 0.29) is 0 Å². The van der Waals surface area contributed by atoms with Crippen molar-refractivity contribution < 1.29 is 0 Å². The molecule has 0 amide bonds. The third-order valence-electron chi connectivity index (χ3n) is 6.36. The molecule has 4 atom stereocenters. The van der Waals surface area contributed by atoms with Crippen LogP contribution in [0.4, 0.5) is 0 Å². The predicted molar refractivity (Wildman–Crippen MR) is 63.8 cm³/mol. The van der Waals surface area contributed by atoms with E-state index in [1.165, 1.54) is 38.5 Å². The van der Waals surface area contributed by atoms with Gasteiger partial charge in [0, 0.05) is 5.54 Å². The molecular weight excluding hydrogens is 182 g/mol. The molecule has 0 aromatic heterocycles. The smallest absolute Gasteiger partial charge is 0.0290 e. The molecule has 3 rings (SSSR count). The monoisotopic (exact) mass is 207 g/mol. The van der Waals surface area contributed by atoms with E-state index < -0.39 is 0 Å². The molecular formula is C14H25N. The lowest BCUT2D eigenvalue weighted by Crippen LogP contribution is -2.57. The number of hydrogen-bond acceptors (Lipinski definition) is 1. The maximum Gasteiger partial charge on any atom is 0.0290 e. The van der Waals surface area contributed by atoms with Gasteiger partial charge in [-0.1, -0.05) is 13.3 Å². The molecule has 0 spiro atoms. The highest BCUT2D eigenvalue weighted by molar-refractivity contribution is 5.21. The van der Waals surface area contributed by atoms with Crippen molar-refractivity contribution in [3.8, 4) is 0 Å². The SMILES string of the molecule is CCC12CCCC1(N(C)C)C1CCC2C1.